The van der Waals surface area contributed by atoms with Gasteiger partial charge in [0.15, 0.2) is 0 Å². The zero-order valence-electron chi connectivity index (χ0n) is 34.6. The molecule has 0 radical (unpaired) electrons. The molecule has 2 aromatic carbocycles. The number of carbonyl (C=O) groups is 2. The number of unbranched alkanes of at least 4 members (excludes halogenated alkanes) is 20. The molecule has 1 aliphatic carbocycles. The minimum Gasteiger partial charge on any atom is -0.494 e. The van der Waals surface area contributed by atoms with Crippen LogP contribution in [0, 0.1) is 17.8 Å². The average Bonchev–Trinajstić information content (AvgIpc) is 3.22. The minimum atomic E-state index is -0.658. The van der Waals surface area contributed by atoms with Crippen molar-refractivity contribution in [1.82, 2.24) is 0 Å². The number of ether oxygens (including phenoxy) is 4. The minimum absolute atomic E-state index is 0.123. The molecule has 0 atom stereocenters. The molecule has 1 aliphatic rings. The first-order chi connectivity index (χ1) is 27.6. The maximum atomic E-state index is 12.8. The number of rotatable bonds is 31. The fourth-order valence-electron chi connectivity index (χ4n) is 7.18. The van der Waals surface area contributed by atoms with Crippen LogP contribution >= 0.6 is 0 Å². The van der Waals surface area contributed by atoms with Gasteiger partial charge in [0.2, 0.25) is 0 Å². The van der Waals surface area contributed by atoms with Gasteiger partial charge in [-0.25, -0.2) is 4.79 Å². The lowest BCUT2D eigenvalue weighted by Gasteiger charge is -2.27. The van der Waals surface area contributed by atoms with E-state index in [1.165, 1.54) is 116 Å². The van der Waals surface area contributed by atoms with E-state index >= 15 is 0 Å². The molecule has 1 fully saturated rings. The first-order valence-electron chi connectivity index (χ1n) is 22.2. The molecule has 0 heterocycles. The maximum absolute atomic E-state index is 12.8. The highest BCUT2D eigenvalue weighted by Crippen LogP contribution is 2.29. The third-order valence-corrected chi connectivity index (χ3v) is 10.7. The number of benzene rings is 2. The SMILES string of the molecule is C=CCCCCCCCCCCCCOc1ccc(C#CC(=O)Oc2ccc(OC(=O)C3CCC(OCCCCCCCCCCCCC=C)CC3)cc2)cc1. The normalized spacial score (nSPS) is 15.0. The molecule has 0 amide bonds. The number of hydrogen-bond donors (Lipinski definition) is 0. The van der Waals surface area contributed by atoms with Crippen molar-refractivity contribution in [2.24, 2.45) is 5.92 Å². The van der Waals surface area contributed by atoms with Crippen molar-refractivity contribution in [3.63, 3.8) is 0 Å². The molecule has 0 saturated heterocycles. The van der Waals surface area contributed by atoms with Gasteiger partial charge in [0, 0.05) is 18.1 Å². The van der Waals surface area contributed by atoms with Crippen molar-refractivity contribution in [2.75, 3.05) is 13.2 Å². The monoisotopic (exact) mass is 769 g/mol. The number of carbonyl (C=O) groups excluding carboxylic acids is 2. The lowest BCUT2D eigenvalue weighted by atomic mass is 9.87. The Labute approximate surface area is 340 Å². The summed E-state index contributed by atoms with van der Waals surface area (Å²) in [6.07, 6.45) is 35.7. The zero-order chi connectivity index (χ0) is 39.7. The Bertz CT molecular complexity index is 1390. The van der Waals surface area contributed by atoms with Crippen LogP contribution in [0.3, 0.4) is 0 Å². The van der Waals surface area contributed by atoms with Gasteiger partial charge in [-0.05, 0) is 113 Å². The van der Waals surface area contributed by atoms with E-state index in [0.29, 0.717) is 23.7 Å². The number of allylic oxidation sites excluding steroid dienone is 2. The first-order valence-corrected chi connectivity index (χ1v) is 22.2. The second kappa shape index (κ2) is 31.3. The van der Waals surface area contributed by atoms with Gasteiger partial charge >= 0.3 is 11.9 Å². The van der Waals surface area contributed by atoms with Crippen molar-refractivity contribution < 1.29 is 28.5 Å². The molecule has 56 heavy (non-hydrogen) atoms. The second-order valence-corrected chi connectivity index (χ2v) is 15.5. The largest absolute Gasteiger partial charge is 0.494 e. The van der Waals surface area contributed by atoms with Gasteiger partial charge in [-0.3, -0.25) is 4.79 Å². The predicted octanol–water partition coefficient (Wildman–Crippen LogP) is 13.5. The topological polar surface area (TPSA) is 71.1 Å². The Balaban J connectivity index is 1.19. The molecular formula is C50H72O6. The summed E-state index contributed by atoms with van der Waals surface area (Å²) in [6, 6.07) is 13.9. The van der Waals surface area contributed by atoms with E-state index in [9.17, 15) is 9.59 Å². The molecule has 3 rings (SSSR count). The molecule has 1 saturated carbocycles. The first kappa shape index (κ1) is 46.6. The highest BCUT2D eigenvalue weighted by molar-refractivity contribution is 5.90. The van der Waals surface area contributed by atoms with E-state index in [0.717, 1.165) is 63.7 Å². The third kappa shape index (κ3) is 22.7. The van der Waals surface area contributed by atoms with E-state index in [1.54, 1.807) is 24.3 Å². The molecule has 0 N–H and O–H groups in total. The van der Waals surface area contributed by atoms with Crippen LogP contribution in [0.15, 0.2) is 73.8 Å². The van der Waals surface area contributed by atoms with Crippen LogP contribution in [0.2, 0.25) is 0 Å². The molecule has 0 spiro atoms. The maximum Gasteiger partial charge on any atom is 0.390 e. The van der Waals surface area contributed by atoms with E-state index in [2.05, 4.69) is 25.0 Å². The van der Waals surface area contributed by atoms with Gasteiger partial charge in [0.05, 0.1) is 18.6 Å². The summed E-state index contributed by atoms with van der Waals surface area (Å²) in [6.45, 7) is 9.08. The summed E-state index contributed by atoms with van der Waals surface area (Å²) < 4.78 is 23.0. The van der Waals surface area contributed by atoms with E-state index in [1.807, 2.05) is 36.4 Å². The van der Waals surface area contributed by atoms with Crippen LogP contribution in [0.1, 0.15) is 173 Å². The Kier molecular flexibility index (Phi) is 26.0. The summed E-state index contributed by atoms with van der Waals surface area (Å²) >= 11 is 0. The van der Waals surface area contributed by atoms with Crippen molar-refractivity contribution in [2.45, 2.75) is 173 Å². The summed E-state index contributed by atoms with van der Waals surface area (Å²) in [4.78, 5) is 25.2. The third-order valence-electron chi connectivity index (χ3n) is 10.7. The van der Waals surface area contributed by atoms with Crippen LogP contribution in [-0.4, -0.2) is 31.3 Å². The second-order valence-electron chi connectivity index (χ2n) is 15.5. The summed E-state index contributed by atoms with van der Waals surface area (Å²) in [5.74, 6) is 5.97. The number of hydrogen-bond acceptors (Lipinski definition) is 6. The average molecular weight is 769 g/mol. The standard InChI is InChI=1S/C50H72O6/c1-3-5-7-9-11-13-15-17-19-21-23-25-41-53-45-32-27-43(28-33-45)29-40-49(51)55-47-36-38-48(39-37-47)56-50(52)44-30-34-46(35-31-44)54-42-26-24-22-20-18-16-14-12-10-8-6-4-2/h3-4,27-28,32-33,36-39,44,46H,1-2,5-26,30-31,34-35,41-42H2. The lowest BCUT2D eigenvalue weighted by Crippen LogP contribution is -2.29. The van der Waals surface area contributed by atoms with E-state index in [4.69, 9.17) is 18.9 Å². The van der Waals surface area contributed by atoms with Crippen molar-refractivity contribution >= 4 is 11.9 Å². The summed E-state index contributed by atoms with van der Waals surface area (Å²) in [5, 5.41) is 0. The molecule has 0 unspecified atom stereocenters. The molecule has 0 bridgehead atoms. The fraction of sp³-hybridized carbons (Fsp3) is 0.600. The molecule has 2 aromatic rings. The van der Waals surface area contributed by atoms with Gasteiger partial charge in [0.1, 0.15) is 17.2 Å². The quantitative estimate of drug-likeness (QED) is 0.0250. The number of esters is 2. The van der Waals surface area contributed by atoms with E-state index in [-0.39, 0.29) is 18.0 Å². The van der Waals surface area contributed by atoms with E-state index < -0.39 is 5.97 Å². The van der Waals surface area contributed by atoms with Gasteiger partial charge < -0.3 is 18.9 Å². The molecule has 6 heteroatoms. The van der Waals surface area contributed by atoms with Crippen LogP contribution in [-0.2, 0) is 14.3 Å². The lowest BCUT2D eigenvalue weighted by molar-refractivity contribution is -0.141. The van der Waals surface area contributed by atoms with Gasteiger partial charge in [-0.2, -0.15) is 0 Å². The Morgan fingerprint density at radius 2 is 0.964 bits per heavy atom. The molecule has 0 aliphatic heterocycles. The Hall–Kier alpha value is -3.82. The van der Waals surface area contributed by atoms with Crippen LogP contribution in [0.4, 0.5) is 0 Å². The van der Waals surface area contributed by atoms with Gasteiger partial charge in [-0.15, -0.1) is 13.2 Å². The Morgan fingerprint density at radius 1 is 0.536 bits per heavy atom. The molecular weight excluding hydrogens is 697 g/mol. The highest BCUT2D eigenvalue weighted by Gasteiger charge is 2.28. The highest BCUT2D eigenvalue weighted by atomic mass is 16.5. The summed E-state index contributed by atoms with van der Waals surface area (Å²) in [7, 11) is 0. The molecule has 6 nitrogen and oxygen atoms in total. The van der Waals surface area contributed by atoms with Crippen molar-refractivity contribution in [3.05, 3.63) is 79.4 Å². The molecule has 308 valence electrons. The van der Waals surface area contributed by atoms with Crippen molar-refractivity contribution in [1.29, 1.82) is 0 Å². The van der Waals surface area contributed by atoms with Crippen LogP contribution in [0.5, 0.6) is 17.2 Å². The Morgan fingerprint density at radius 3 is 1.46 bits per heavy atom. The fourth-order valence-corrected chi connectivity index (χ4v) is 7.18. The van der Waals surface area contributed by atoms with Gasteiger partial charge in [-0.1, -0.05) is 121 Å². The zero-order valence-corrected chi connectivity index (χ0v) is 34.6. The van der Waals surface area contributed by atoms with Crippen LogP contribution < -0.4 is 14.2 Å². The predicted molar refractivity (Wildman–Crippen MR) is 230 cm³/mol. The van der Waals surface area contributed by atoms with Crippen molar-refractivity contribution in [3.8, 4) is 29.1 Å². The van der Waals surface area contributed by atoms with Gasteiger partial charge in [0.25, 0.3) is 0 Å². The smallest absolute Gasteiger partial charge is 0.390 e. The summed E-state index contributed by atoms with van der Waals surface area (Å²) in [5.41, 5.74) is 0.704. The molecule has 0 aromatic heterocycles. The van der Waals surface area contributed by atoms with Crippen LogP contribution in [0.25, 0.3) is 0 Å².